The van der Waals surface area contributed by atoms with Gasteiger partial charge in [-0.3, -0.25) is 0 Å². The Morgan fingerprint density at radius 2 is 1.19 bits per heavy atom. The fraction of sp³-hybridized carbons (Fsp3) is 0.0400. The SMILES string of the molecule is c1ccc2c(c1)Cc1c-2cccc1-c1cccc2[se]c3ccccc3c12. The first kappa shape index (κ1) is 14.6. The molecule has 0 N–H and O–H groups in total. The molecule has 122 valence electrons. The first-order valence-electron chi connectivity index (χ1n) is 9.01. The first-order valence-corrected chi connectivity index (χ1v) is 10.7. The van der Waals surface area contributed by atoms with E-state index in [1.807, 2.05) is 0 Å². The van der Waals surface area contributed by atoms with Crippen LogP contribution in [0.3, 0.4) is 0 Å². The van der Waals surface area contributed by atoms with Crippen molar-refractivity contribution >= 4 is 33.8 Å². The van der Waals surface area contributed by atoms with Crippen molar-refractivity contribution in [3.05, 3.63) is 96.1 Å². The molecule has 1 aromatic heterocycles. The molecule has 1 aliphatic carbocycles. The molecule has 0 radical (unpaired) electrons. The van der Waals surface area contributed by atoms with Crippen molar-refractivity contribution in [3.63, 3.8) is 0 Å². The van der Waals surface area contributed by atoms with E-state index in [0.29, 0.717) is 14.5 Å². The maximum absolute atomic E-state index is 2.32. The Bertz CT molecular complexity index is 1310. The Balaban J connectivity index is 1.69. The van der Waals surface area contributed by atoms with Crippen LogP contribution in [0.2, 0.25) is 0 Å². The van der Waals surface area contributed by atoms with Crippen LogP contribution in [0.5, 0.6) is 0 Å². The summed E-state index contributed by atoms with van der Waals surface area (Å²) < 4.78 is 3.03. The van der Waals surface area contributed by atoms with Crippen LogP contribution >= 0.6 is 0 Å². The second-order valence-corrected chi connectivity index (χ2v) is 9.22. The van der Waals surface area contributed by atoms with Crippen LogP contribution < -0.4 is 0 Å². The van der Waals surface area contributed by atoms with Gasteiger partial charge in [-0.15, -0.1) is 0 Å². The third-order valence-corrected chi connectivity index (χ3v) is 7.93. The minimum atomic E-state index is 0.419. The summed E-state index contributed by atoms with van der Waals surface area (Å²) in [6, 6.07) is 31.5. The molecule has 0 saturated heterocycles. The fourth-order valence-electron chi connectivity index (χ4n) is 4.41. The van der Waals surface area contributed by atoms with E-state index in [1.54, 1.807) is 0 Å². The molecule has 1 heteroatoms. The molecular formula is C25H16Se. The van der Waals surface area contributed by atoms with Gasteiger partial charge in [-0.1, -0.05) is 0 Å². The number of benzene rings is 4. The van der Waals surface area contributed by atoms with Crippen molar-refractivity contribution in [2.45, 2.75) is 6.42 Å². The van der Waals surface area contributed by atoms with Gasteiger partial charge in [0.05, 0.1) is 0 Å². The van der Waals surface area contributed by atoms with Gasteiger partial charge in [0.15, 0.2) is 0 Å². The van der Waals surface area contributed by atoms with E-state index < -0.39 is 0 Å². The van der Waals surface area contributed by atoms with E-state index >= 15 is 0 Å². The van der Waals surface area contributed by atoms with Crippen LogP contribution in [-0.2, 0) is 6.42 Å². The van der Waals surface area contributed by atoms with E-state index in [0.717, 1.165) is 6.42 Å². The van der Waals surface area contributed by atoms with E-state index in [9.17, 15) is 0 Å². The third-order valence-electron chi connectivity index (χ3n) is 5.54. The van der Waals surface area contributed by atoms with Gasteiger partial charge in [0, 0.05) is 0 Å². The molecule has 0 saturated carbocycles. The van der Waals surface area contributed by atoms with Crippen LogP contribution in [0.1, 0.15) is 11.1 Å². The number of hydrogen-bond donors (Lipinski definition) is 0. The summed E-state index contributed by atoms with van der Waals surface area (Å²) in [6.45, 7) is 0. The number of fused-ring (bicyclic) bond motifs is 6. The Morgan fingerprint density at radius 3 is 2.15 bits per heavy atom. The standard InChI is InChI=1S/C25H16Se/c1-2-8-17-16(7-1)15-22-18(17)10-5-11-19(22)20-12-6-14-24-25(20)21-9-3-4-13-23(21)26-24/h1-14H,15H2. The van der Waals surface area contributed by atoms with Gasteiger partial charge in [-0.25, -0.2) is 0 Å². The topological polar surface area (TPSA) is 0 Å². The van der Waals surface area contributed by atoms with Crippen molar-refractivity contribution in [1.29, 1.82) is 0 Å². The third kappa shape index (κ3) is 1.96. The predicted molar refractivity (Wildman–Crippen MR) is 112 cm³/mol. The summed E-state index contributed by atoms with van der Waals surface area (Å²) in [7, 11) is 0. The van der Waals surface area contributed by atoms with E-state index in [4.69, 9.17) is 0 Å². The average molecular weight is 395 g/mol. The zero-order chi connectivity index (χ0) is 17.1. The predicted octanol–water partition coefficient (Wildman–Crippen LogP) is 6.29. The summed E-state index contributed by atoms with van der Waals surface area (Å²) in [6.07, 6.45) is 1.04. The quantitative estimate of drug-likeness (QED) is 0.287. The Labute approximate surface area is 158 Å². The normalized spacial score (nSPS) is 12.5. The molecule has 0 fully saturated rings. The van der Waals surface area contributed by atoms with Crippen molar-refractivity contribution < 1.29 is 0 Å². The van der Waals surface area contributed by atoms with E-state index in [-0.39, 0.29) is 0 Å². The molecule has 1 heterocycles. The molecule has 1 aliphatic rings. The summed E-state index contributed by atoms with van der Waals surface area (Å²) >= 11 is 0.419. The maximum atomic E-state index is 2.32. The summed E-state index contributed by atoms with van der Waals surface area (Å²) in [5.41, 5.74) is 8.56. The second kappa shape index (κ2) is 5.45. The summed E-state index contributed by atoms with van der Waals surface area (Å²) in [4.78, 5) is 0. The minimum absolute atomic E-state index is 0.419. The van der Waals surface area contributed by atoms with Crippen molar-refractivity contribution in [1.82, 2.24) is 0 Å². The van der Waals surface area contributed by atoms with Crippen LogP contribution in [0.25, 0.3) is 41.5 Å². The van der Waals surface area contributed by atoms with Gasteiger partial charge >= 0.3 is 159 Å². The molecule has 0 nitrogen and oxygen atoms in total. The van der Waals surface area contributed by atoms with Gasteiger partial charge in [-0.2, -0.15) is 0 Å². The van der Waals surface area contributed by atoms with Crippen molar-refractivity contribution in [2.24, 2.45) is 0 Å². The van der Waals surface area contributed by atoms with Crippen LogP contribution in [0.4, 0.5) is 0 Å². The Hall–Kier alpha value is -2.60. The Morgan fingerprint density at radius 1 is 0.538 bits per heavy atom. The van der Waals surface area contributed by atoms with Gasteiger partial charge in [0.1, 0.15) is 0 Å². The first-order chi connectivity index (χ1) is 12.9. The van der Waals surface area contributed by atoms with E-state index in [2.05, 4.69) is 84.9 Å². The van der Waals surface area contributed by atoms with Gasteiger partial charge < -0.3 is 0 Å². The fourth-order valence-corrected chi connectivity index (χ4v) is 6.78. The van der Waals surface area contributed by atoms with Crippen LogP contribution in [0, 0.1) is 0 Å². The molecule has 0 atom stereocenters. The monoisotopic (exact) mass is 396 g/mol. The molecule has 0 bridgehead atoms. The molecule has 26 heavy (non-hydrogen) atoms. The number of rotatable bonds is 1. The second-order valence-electron chi connectivity index (χ2n) is 6.94. The van der Waals surface area contributed by atoms with Gasteiger partial charge in [0.25, 0.3) is 0 Å². The molecule has 5 aromatic rings. The zero-order valence-corrected chi connectivity index (χ0v) is 15.9. The van der Waals surface area contributed by atoms with Crippen molar-refractivity contribution in [2.75, 3.05) is 0 Å². The van der Waals surface area contributed by atoms with Gasteiger partial charge in [0.2, 0.25) is 0 Å². The molecule has 0 amide bonds. The Kier molecular flexibility index (Phi) is 3.05. The number of hydrogen-bond acceptors (Lipinski definition) is 0. The van der Waals surface area contributed by atoms with Crippen LogP contribution in [-0.4, -0.2) is 14.5 Å². The zero-order valence-electron chi connectivity index (χ0n) is 14.2. The molecular weight excluding hydrogens is 379 g/mol. The van der Waals surface area contributed by atoms with Crippen LogP contribution in [0.15, 0.2) is 84.9 Å². The molecule has 4 aromatic carbocycles. The average Bonchev–Trinajstić information content (AvgIpc) is 3.26. The molecule has 0 aliphatic heterocycles. The van der Waals surface area contributed by atoms with E-state index in [1.165, 1.54) is 52.7 Å². The molecule has 6 rings (SSSR count). The van der Waals surface area contributed by atoms with Gasteiger partial charge in [-0.05, 0) is 0 Å². The molecule has 0 unspecified atom stereocenters. The van der Waals surface area contributed by atoms with Crippen molar-refractivity contribution in [3.8, 4) is 22.3 Å². The summed E-state index contributed by atoms with van der Waals surface area (Å²) in [5, 5.41) is 2.90. The summed E-state index contributed by atoms with van der Waals surface area (Å²) in [5.74, 6) is 0. The molecule has 0 spiro atoms.